The molecule has 2 aromatic rings. The van der Waals surface area contributed by atoms with Crippen molar-refractivity contribution in [2.75, 3.05) is 0 Å². The minimum Gasteiger partial charge on any atom is -0.481 e. The van der Waals surface area contributed by atoms with E-state index in [1.54, 1.807) is 0 Å². The van der Waals surface area contributed by atoms with Crippen LogP contribution in [0.4, 0.5) is 0 Å². The molecular weight excluding hydrogens is 260 g/mol. The van der Waals surface area contributed by atoms with Crippen LogP contribution in [0.5, 0.6) is 0 Å². The highest BCUT2D eigenvalue weighted by Gasteiger charge is 2.32. The van der Waals surface area contributed by atoms with Gasteiger partial charge in [-0.2, -0.15) is 0 Å². The fourth-order valence-electron chi connectivity index (χ4n) is 3.88. The van der Waals surface area contributed by atoms with Crippen LogP contribution in [0.25, 0.3) is 22.9 Å². The van der Waals surface area contributed by atoms with E-state index in [1.165, 1.54) is 21.2 Å². The summed E-state index contributed by atoms with van der Waals surface area (Å²) < 4.78 is 0. The summed E-state index contributed by atoms with van der Waals surface area (Å²) in [6.07, 6.45) is 7.25. The second kappa shape index (κ2) is 4.73. The minimum absolute atomic E-state index is 0.169. The highest BCUT2D eigenvalue weighted by Crippen LogP contribution is 2.36. The van der Waals surface area contributed by atoms with Gasteiger partial charge in [-0.1, -0.05) is 36.4 Å². The molecule has 1 fully saturated rings. The Balaban J connectivity index is 1.82. The zero-order chi connectivity index (χ0) is 14.4. The number of rotatable bonds is 1. The van der Waals surface area contributed by atoms with Gasteiger partial charge in [-0.05, 0) is 64.4 Å². The van der Waals surface area contributed by atoms with Crippen molar-refractivity contribution in [3.63, 3.8) is 0 Å². The molecule has 0 bridgehead atoms. The summed E-state index contributed by atoms with van der Waals surface area (Å²) in [6.45, 7) is 0. The lowest BCUT2D eigenvalue weighted by Crippen LogP contribution is -2.36. The monoisotopic (exact) mass is 278 g/mol. The van der Waals surface area contributed by atoms with Crippen LogP contribution in [0.15, 0.2) is 36.4 Å². The minimum atomic E-state index is -0.633. The summed E-state index contributed by atoms with van der Waals surface area (Å²) in [5.41, 5.74) is 0. The second-order valence-corrected chi connectivity index (χ2v) is 6.34. The summed E-state index contributed by atoms with van der Waals surface area (Å²) in [6, 6.07) is 12.9. The number of aliphatic carboxylic acids is 1. The molecule has 2 aliphatic rings. The molecule has 0 aliphatic heterocycles. The fraction of sp³-hybridized carbons (Fsp3) is 0.316. The first-order valence-corrected chi connectivity index (χ1v) is 7.66. The van der Waals surface area contributed by atoms with Crippen LogP contribution in [-0.4, -0.2) is 11.1 Å². The molecule has 106 valence electrons. The Morgan fingerprint density at radius 3 is 2.19 bits per heavy atom. The van der Waals surface area contributed by atoms with Crippen molar-refractivity contribution in [2.45, 2.75) is 19.3 Å². The van der Waals surface area contributed by atoms with E-state index in [1.807, 2.05) is 0 Å². The molecule has 0 saturated heterocycles. The van der Waals surface area contributed by atoms with Crippen molar-refractivity contribution >= 4 is 28.9 Å². The Kier molecular flexibility index (Phi) is 2.85. The van der Waals surface area contributed by atoms with Gasteiger partial charge in [-0.15, -0.1) is 0 Å². The molecule has 2 aliphatic carbocycles. The predicted molar refractivity (Wildman–Crippen MR) is 84.1 cm³/mol. The molecule has 0 heterocycles. The van der Waals surface area contributed by atoms with Crippen LogP contribution in [0.3, 0.4) is 0 Å². The third-order valence-corrected chi connectivity index (χ3v) is 5.04. The van der Waals surface area contributed by atoms with E-state index in [0.717, 1.165) is 19.3 Å². The molecule has 0 spiro atoms. The molecule has 21 heavy (non-hydrogen) atoms. The second-order valence-electron chi connectivity index (χ2n) is 6.34. The van der Waals surface area contributed by atoms with Gasteiger partial charge in [-0.3, -0.25) is 4.79 Å². The quantitative estimate of drug-likeness (QED) is 0.870. The average molecular weight is 278 g/mol. The molecule has 1 saturated carbocycles. The molecule has 2 heteroatoms. The Bertz CT molecular complexity index is 834. The number of carbonyl (C=O) groups is 1. The number of carboxylic acids is 1. The largest absolute Gasteiger partial charge is 0.481 e. The molecule has 0 aromatic heterocycles. The van der Waals surface area contributed by atoms with E-state index in [4.69, 9.17) is 0 Å². The molecule has 2 nitrogen and oxygen atoms in total. The normalized spacial score (nSPS) is 27.1. The number of hydrogen-bond acceptors (Lipinski definition) is 1. The molecular formula is C19H18O2. The van der Waals surface area contributed by atoms with Crippen LogP contribution in [0.1, 0.15) is 19.3 Å². The summed E-state index contributed by atoms with van der Waals surface area (Å²) in [5, 5.41) is 14.3. The van der Waals surface area contributed by atoms with Gasteiger partial charge >= 0.3 is 5.97 Å². The Morgan fingerprint density at radius 1 is 0.952 bits per heavy atom. The maximum atomic E-state index is 11.2. The Hall–Kier alpha value is -2.09. The van der Waals surface area contributed by atoms with Gasteiger partial charge in [0.25, 0.3) is 0 Å². The van der Waals surface area contributed by atoms with E-state index in [9.17, 15) is 9.90 Å². The van der Waals surface area contributed by atoms with Crippen LogP contribution in [-0.2, 0) is 4.79 Å². The smallest absolute Gasteiger partial charge is 0.306 e. The topological polar surface area (TPSA) is 37.3 Å². The number of hydrogen-bond donors (Lipinski definition) is 1. The van der Waals surface area contributed by atoms with Gasteiger partial charge in [0.05, 0.1) is 5.92 Å². The summed E-state index contributed by atoms with van der Waals surface area (Å²) in [5.74, 6) is 0.0897. The summed E-state index contributed by atoms with van der Waals surface area (Å²) in [7, 11) is 0. The molecule has 0 amide bonds. The van der Waals surface area contributed by atoms with E-state index >= 15 is 0 Å². The first-order valence-electron chi connectivity index (χ1n) is 7.66. The van der Waals surface area contributed by atoms with E-state index in [-0.39, 0.29) is 5.92 Å². The van der Waals surface area contributed by atoms with Gasteiger partial charge in [0.2, 0.25) is 0 Å². The lowest BCUT2D eigenvalue weighted by Gasteiger charge is -2.32. The summed E-state index contributed by atoms with van der Waals surface area (Å²) in [4.78, 5) is 11.2. The van der Waals surface area contributed by atoms with Crippen molar-refractivity contribution in [1.82, 2.24) is 0 Å². The number of fused-ring (bicyclic) bond motifs is 3. The summed E-state index contributed by atoms with van der Waals surface area (Å²) >= 11 is 0. The maximum Gasteiger partial charge on any atom is 0.306 e. The van der Waals surface area contributed by atoms with Crippen molar-refractivity contribution in [1.29, 1.82) is 0 Å². The van der Waals surface area contributed by atoms with Crippen LogP contribution >= 0.6 is 0 Å². The van der Waals surface area contributed by atoms with Gasteiger partial charge < -0.3 is 5.11 Å². The van der Waals surface area contributed by atoms with Gasteiger partial charge in [0.1, 0.15) is 0 Å². The molecule has 1 N–H and O–H groups in total. The SMILES string of the molecule is O=C(O)C1CCC2C=c3cc4ccccc4cc3=CC2C1. The van der Waals surface area contributed by atoms with E-state index in [0.29, 0.717) is 11.8 Å². The number of carboxylic acid groups (broad SMARTS) is 1. The lowest BCUT2D eigenvalue weighted by atomic mass is 9.72. The Morgan fingerprint density at radius 2 is 1.57 bits per heavy atom. The van der Waals surface area contributed by atoms with Crippen molar-refractivity contribution < 1.29 is 9.90 Å². The van der Waals surface area contributed by atoms with Crippen molar-refractivity contribution in [3.05, 3.63) is 46.8 Å². The lowest BCUT2D eigenvalue weighted by molar-refractivity contribution is -0.143. The molecule has 0 radical (unpaired) electrons. The first kappa shape index (κ1) is 12.6. The van der Waals surface area contributed by atoms with Crippen LogP contribution in [0, 0.1) is 17.8 Å². The van der Waals surface area contributed by atoms with E-state index in [2.05, 4.69) is 48.6 Å². The zero-order valence-corrected chi connectivity index (χ0v) is 11.8. The van der Waals surface area contributed by atoms with Crippen LogP contribution in [0.2, 0.25) is 0 Å². The van der Waals surface area contributed by atoms with Gasteiger partial charge in [0.15, 0.2) is 0 Å². The first-order chi connectivity index (χ1) is 10.2. The third-order valence-electron chi connectivity index (χ3n) is 5.04. The van der Waals surface area contributed by atoms with Gasteiger partial charge in [-0.25, -0.2) is 0 Å². The Labute approximate surface area is 123 Å². The van der Waals surface area contributed by atoms with Crippen LogP contribution < -0.4 is 10.4 Å². The highest BCUT2D eigenvalue weighted by molar-refractivity contribution is 5.83. The predicted octanol–water partition coefficient (Wildman–Crippen LogP) is 2.53. The van der Waals surface area contributed by atoms with E-state index < -0.39 is 5.97 Å². The van der Waals surface area contributed by atoms with Crippen molar-refractivity contribution in [2.24, 2.45) is 17.8 Å². The third kappa shape index (κ3) is 2.15. The zero-order valence-electron chi connectivity index (χ0n) is 11.8. The highest BCUT2D eigenvalue weighted by atomic mass is 16.4. The van der Waals surface area contributed by atoms with Gasteiger partial charge in [0, 0.05) is 0 Å². The molecule has 3 unspecified atom stereocenters. The number of benzene rings is 2. The molecule has 2 aromatic carbocycles. The maximum absolute atomic E-state index is 11.2. The standard InChI is InChI=1S/C19H18O2/c20-19(21)15-6-5-14-9-17-7-12-3-1-2-4-13(12)8-18(17)11-16(14)10-15/h1-4,7-9,11,14-16H,5-6,10H2,(H,20,21). The molecule has 3 atom stereocenters. The molecule has 4 rings (SSSR count). The average Bonchev–Trinajstić information content (AvgIpc) is 2.50. The van der Waals surface area contributed by atoms with Crippen molar-refractivity contribution in [3.8, 4) is 0 Å². The fourth-order valence-corrected chi connectivity index (χ4v) is 3.88.